The van der Waals surface area contributed by atoms with Crippen molar-refractivity contribution in [1.29, 1.82) is 0 Å². The lowest BCUT2D eigenvalue weighted by Crippen LogP contribution is -2.26. The van der Waals surface area contributed by atoms with Gasteiger partial charge in [-0.1, -0.05) is 0 Å². The van der Waals surface area contributed by atoms with Crippen LogP contribution < -0.4 is 5.73 Å². The summed E-state index contributed by atoms with van der Waals surface area (Å²) in [7, 11) is 0. The van der Waals surface area contributed by atoms with E-state index in [0.29, 0.717) is 6.04 Å². The van der Waals surface area contributed by atoms with Crippen LogP contribution in [0.2, 0.25) is 0 Å². The summed E-state index contributed by atoms with van der Waals surface area (Å²) < 4.78 is 0. The first-order chi connectivity index (χ1) is 4.36. The van der Waals surface area contributed by atoms with Gasteiger partial charge in [0.2, 0.25) is 0 Å². The van der Waals surface area contributed by atoms with E-state index in [1.807, 2.05) is 0 Å². The zero-order valence-electron chi connectivity index (χ0n) is 5.71. The number of nitrogens with zero attached hydrogens (tertiary/aromatic N) is 1. The Labute approximate surface area is 56.0 Å². The van der Waals surface area contributed by atoms with E-state index in [0.717, 1.165) is 12.6 Å². The number of rotatable bonds is 0. The molecule has 2 N–H and O–H groups in total. The molecule has 2 saturated heterocycles. The molecule has 0 radical (unpaired) electrons. The van der Waals surface area contributed by atoms with Crippen molar-refractivity contribution < 1.29 is 0 Å². The van der Waals surface area contributed by atoms with E-state index in [2.05, 4.69) is 4.90 Å². The van der Waals surface area contributed by atoms with E-state index in [-0.39, 0.29) is 0 Å². The Morgan fingerprint density at radius 1 is 1.44 bits per heavy atom. The van der Waals surface area contributed by atoms with E-state index >= 15 is 0 Å². The van der Waals surface area contributed by atoms with Crippen LogP contribution in [-0.4, -0.2) is 30.1 Å². The van der Waals surface area contributed by atoms with Crippen LogP contribution in [0.5, 0.6) is 0 Å². The Morgan fingerprint density at radius 2 is 2.33 bits per heavy atom. The van der Waals surface area contributed by atoms with E-state index in [1.54, 1.807) is 0 Å². The molecule has 0 unspecified atom stereocenters. The van der Waals surface area contributed by atoms with Crippen LogP contribution >= 0.6 is 0 Å². The van der Waals surface area contributed by atoms with Crippen LogP contribution in [0.25, 0.3) is 0 Å². The van der Waals surface area contributed by atoms with Crippen LogP contribution in [-0.2, 0) is 0 Å². The smallest absolute Gasteiger partial charge is 0.0182 e. The fourth-order valence-electron chi connectivity index (χ4n) is 2.13. The topological polar surface area (TPSA) is 29.3 Å². The van der Waals surface area contributed by atoms with Crippen molar-refractivity contribution in [2.45, 2.75) is 31.3 Å². The normalized spacial score (nSPS) is 43.7. The van der Waals surface area contributed by atoms with Crippen molar-refractivity contribution in [2.75, 3.05) is 13.1 Å². The number of hydrogen-bond donors (Lipinski definition) is 1. The monoisotopic (exact) mass is 126 g/mol. The molecule has 0 amide bonds. The maximum Gasteiger partial charge on any atom is 0.0182 e. The standard InChI is InChI=1S/C7H14N2/c8-6-4-7-2-1-3-9(7)5-6/h6-7H,1-5,8H2/t6-,7-/m0/s1. The molecule has 2 nitrogen and oxygen atoms in total. The molecule has 0 bridgehead atoms. The van der Waals surface area contributed by atoms with Crippen LogP contribution in [0.15, 0.2) is 0 Å². The fraction of sp³-hybridized carbons (Fsp3) is 1.00. The van der Waals surface area contributed by atoms with E-state index < -0.39 is 0 Å². The molecule has 0 aliphatic carbocycles. The largest absolute Gasteiger partial charge is 0.326 e. The molecule has 2 rings (SSSR count). The summed E-state index contributed by atoms with van der Waals surface area (Å²) in [6.07, 6.45) is 4.05. The Morgan fingerprint density at radius 3 is 3.11 bits per heavy atom. The minimum atomic E-state index is 0.482. The Kier molecular flexibility index (Phi) is 1.24. The minimum Gasteiger partial charge on any atom is -0.326 e. The fourth-order valence-corrected chi connectivity index (χ4v) is 2.13. The maximum absolute atomic E-state index is 5.78. The lowest BCUT2D eigenvalue weighted by molar-refractivity contribution is 0.322. The number of fused-ring (bicyclic) bond motifs is 1. The molecule has 2 aliphatic rings. The summed E-state index contributed by atoms with van der Waals surface area (Å²) >= 11 is 0. The maximum atomic E-state index is 5.78. The first-order valence-electron chi connectivity index (χ1n) is 3.86. The Bertz CT molecular complexity index is 101. The number of nitrogens with two attached hydrogens (primary N) is 1. The van der Waals surface area contributed by atoms with Crippen LogP contribution in [0.4, 0.5) is 0 Å². The zero-order chi connectivity index (χ0) is 6.27. The van der Waals surface area contributed by atoms with Crippen molar-refractivity contribution >= 4 is 0 Å². The zero-order valence-corrected chi connectivity index (χ0v) is 5.71. The Balaban J connectivity index is 2.02. The second-order valence-electron chi connectivity index (χ2n) is 3.29. The third-order valence-electron chi connectivity index (χ3n) is 2.54. The summed E-state index contributed by atoms with van der Waals surface area (Å²) in [6.45, 7) is 2.46. The summed E-state index contributed by atoms with van der Waals surface area (Å²) in [5.41, 5.74) is 5.78. The number of hydrogen-bond acceptors (Lipinski definition) is 2. The highest BCUT2D eigenvalue weighted by Gasteiger charge is 2.32. The third-order valence-corrected chi connectivity index (χ3v) is 2.54. The van der Waals surface area contributed by atoms with Gasteiger partial charge in [-0.2, -0.15) is 0 Å². The molecule has 9 heavy (non-hydrogen) atoms. The van der Waals surface area contributed by atoms with Gasteiger partial charge >= 0.3 is 0 Å². The van der Waals surface area contributed by atoms with Gasteiger partial charge in [0.15, 0.2) is 0 Å². The lowest BCUT2D eigenvalue weighted by atomic mass is 10.1. The van der Waals surface area contributed by atoms with Gasteiger partial charge in [0, 0.05) is 18.6 Å². The van der Waals surface area contributed by atoms with Gasteiger partial charge in [-0.05, 0) is 25.8 Å². The molecule has 2 atom stereocenters. The molecule has 0 spiro atoms. The highest BCUT2D eigenvalue weighted by Crippen LogP contribution is 2.26. The van der Waals surface area contributed by atoms with Gasteiger partial charge < -0.3 is 5.73 Å². The molecule has 0 aromatic heterocycles. The highest BCUT2D eigenvalue weighted by atomic mass is 15.2. The van der Waals surface area contributed by atoms with Crippen LogP contribution in [0.1, 0.15) is 19.3 Å². The van der Waals surface area contributed by atoms with Gasteiger partial charge in [-0.15, -0.1) is 0 Å². The summed E-state index contributed by atoms with van der Waals surface area (Å²) in [6, 6.07) is 1.34. The van der Waals surface area contributed by atoms with Gasteiger partial charge in [0.05, 0.1) is 0 Å². The van der Waals surface area contributed by atoms with Crippen LogP contribution in [0.3, 0.4) is 0 Å². The van der Waals surface area contributed by atoms with Crippen molar-refractivity contribution in [1.82, 2.24) is 4.90 Å². The van der Waals surface area contributed by atoms with Crippen molar-refractivity contribution in [2.24, 2.45) is 5.73 Å². The van der Waals surface area contributed by atoms with E-state index in [4.69, 9.17) is 5.73 Å². The third kappa shape index (κ3) is 0.864. The minimum absolute atomic E-state index is 0.482. The first kappa shape index (κ1) is 5.69. The molecule has 0 aromatic carbocycles. The lowest BCUT2D eigenvalue weighted by Gasteiger charge is -2.11. The van der Waals surface area contributed by atoms with Gasteiger partial charge in [-0.3, -0.25) is 4.90 Å². The van der Waals surface area contributed by atoms with Crippen molar-refractivity contribution in [3.05, 3.63) is 0 Å². The second kappa shape index (κ2) is 1.96. The second-order valence-corrected chi connectivity index (χ2v) is 3.29. The predicted molar refractivity (Wildman–Crippen MR) is 37.2 cm³/mol. The molecular formula is C7H14N2. The van der Waals surface area contributed by atoms with Gasteiger partial charge in [-0.25, -0.2) is 0 Å². The molecule has 0 saturated carbocycles. The predicted octanol–water partition coefficient (Wildman–Crippen LogP) is 0.182. The molecular weight excluding hydrogens is 112 g/mol. The average Bonchev–Trinajstić information content (AvgIpc) is 2.22. The van der Waals surface area contributed by atoms with Crippen molar-refractivity contribution in [3.8, 4) is 0 Å². The summed E-state index contributed by atoms with van der Waals surface area (Å²) in [5.74, 6) is 0. The average molecular weight is 126 g/mol. The van der Waals surface area contributed by atoms with E-state index in [1.165, 1.54) is 25.8 Å². The van der Waals surface area contributed by atoms with Crippen LogP contribution in [0, 0.1) is 0 Å². The van der Waals surface area contributed by atoms with Gasteiger partial charge in [0.25, 0.3) is 0 Å². The molecule has 2 heterocycles. The highest BCUT2D eigenvalue weighted by molar-refractivity contribution is 4.91. The molecule has 2 aliphatic heterocycles. The van der Waals surface area contributed by atoms with Crippen molar-refractivity contribution in [3.63, 3.8) is 0 Å². The van der Waals surface area contributed by atoms with Gasteiger partial charge in [0.1, 0.15) is 0 Å². The molecule has 0 aromatic rings. The molecule has 52 valence electrons. The van der Waals surface area contributed by atoms with E-state index in [9.17, 15) is 0 Å². The Hall–Kier alpha value is -0.0800. The summed E-state index contributed by atoms with van der Waals surface area (Å²) in [4.78, 5) is 2.53. The SMILES string of the molecule is N[C@H]1C[C@@H]2CCCN2C1. The molecule has 2 fully saturated rings. The first-order valence-corrected chi connectivity index (χ1v) is 3.86. The summed E-state index contributed by atoms with van der Waals surface area (Å²) in [5, 5.41) is 0. The molecule has 2 heteroatoms. The quantitative estimate of drug-likeness (QED) is 0.502.